The summed E-state index contributed by atoms with van der Waals surface area (Å²) in [5.74, 6) is -0.253. The molecule has 1 aliphatic heterocycles. The summed E-state index contributed by atoms with van der Waals surface area (Å²) in [4.78, 5) is 31.4. The predicted octanol–water partition coefficient (Wildman–Crippen LogP) is 5.28. The SMILES string of the molecule is O=C(O)CCCCCC(=O)Nc1ccc(C2OC(CSc3ncccn3)CC(c3ccc(CO)cc3)O2)cc1. The van der Waals surface area contributed by atoms with Crippen molar-refractivity contribution < 1.29 is 29.3 Å². The molecule has 39 heavy (non-hydrogen) atoms. The zero-order valence-electron chi connectivity index (χ0n) is 21.6. The second-order valence-corrected chi connectivity index (χ2v) is 10.3. The van der Waals surface area contributed by atoms with E-state index >= 15 is 0 Å². The van der Waals surface area contributed by atoms with E-state index < -0.39 is 12.3 Å². The van der Waals surface area contributed by atoms with E-state index in [1.807, 2.05) is 48.5 Å². The maximum Gasteiger partial charge on any atom is 0.303 e. The highest BCUT2D eigenvalue weighted by molar-refractivity contribution is 7.99. The molecule has 0 bridgehead atoms. The molecule has 1 aliphatic rings. The first-order chi connectivity index (χ1) is 19.0. The topological polar surface area (TPSA) is 131 Å². The van der Waals surface area contributed by atoms with Crippen LogP contribution in [0.4, 0.5) is 5.69 Å². The fourth-order valence-electron chi connectivity index (χ4n) is 4.24. The van der Waals surface area contributed by atoms with Crippen molar-refractivity contribution in [3.8, 4) is 0 Å². The van der Waals surface area contributed by atoms with Gasteiger partial charge in [-0.1, -0.05) is 54.6 Å². The van der Waals surface area contributed by atoms with Crippen LogP contribution in [0.3, 0.4) is 0 Å². The number of anilines is 1. The summed E-state index contributed by atoms with van der Waals surface area (Å²) in [5.41, 5.74) is 3.37. The van der Waals surface area contributed by atoms with E-state index in [1.165, 1.54) is 11.8 Å². The van der Waals surface area contributed by atoms with Gasteiger partial charge in [0.15, 0.2) is 11.4 Å². The third kappa shape index (κ3) is 9.14. The van der Waals surface area contributed by atoms with Crippen LogP contribution in [0.15, 0.2) is 72.1 Å². The minimum absolute atomic E-state index is 0.0124. The van der Waals surface area contributed by atoms with E-state index in [1.54, 1.807) is 18.5 Å². The zero-order valence-corrected chi connectivity index (χ0v) is 22.4. The summed E-state index contributed by atoms with van der Waals surface area (Å²) in [5, 5.41) is 21.7. The first-order valence-corrected chi connectivity index (χ1v) is 14.0. The van der Waals surface area contributed by atoms with E-state index in [0.717, 1.165) is 16.7 Å². The number of aliphatic hydroxyl groups excluding tert-OH is 1. The van der Waals surface area contributed by atoms with Crippen LogP contribution in [0.5, 0.6) is 0 Å². The highest BCUT2D eigenvalue weighted by Crippen LogP contribution is 2.39. The lowest BCUT2D eigenvalue weighted by Gasteiger charge is -2.36. The van der Waals surface area contributed by atoms with Gasteiger partial charge in [0.1, 0.15) is 0 Å². The molecule has 2 heterocycles. The Labute approximate surface area is 232 Å². The van der Waals surface area contributed by atoms with Crippen LogP contribution in [0.25, 0.3) is 0 Å². The normalized spacial score (nSPS) is 18.9. The summed E-state index contributed by atoms with van der Waals surface area (Å²) in [6.45, 7) is -0.0124. The quantitative estimate of drug-likeness (QED) is 0.147. The van der Waals surface area contributed by atoms with Gasteiger partial charge in [-0.25, -0.2) is 9.97 Å². The molecular formula is C29H33N3O6S. The van der Waals surface area contributed by atoms with Gasteiger partial charge < -0.3 is 25.0 Å². The molecule has 206 valence electrons. The average molecular weight is 552 g/mol. The van der Waals surface area contributed by atoms with Crippen LogP contribution >= 0.6 is 11.8 Å². The number of aromatic nitrogens is 2. The van der Waals surface area contributed by atoms with Crippen molar-refractivity contribution in [3.63, 3.8) is 0 Å². The maximum absolute atomic E-state index is 12.3. The predicted molar refractivity (Wildman–Crippen MR) is 147 cm³/mol. The third-order valence-corrected chi connectivity index (χ3v) is 7.32. The van der Waals surface area contributed by atoms with E-state index in [2.05, 4.69) is 15.3 Å². The van der Waals surface area contributed by atoms with Crippen molar-refractivity contribution in [3.05, 3.63) is 83.7 Å². The molecule has 3 unspecified atom stereocenters. The van der Waals surface area contributed by atoms with Gasteiger partial charge in [-0.2, -0.15) is 0 Å². The standard InChI is InChI=1S/C29H33N3O6S/c33-18-20-7-9-21(10-8-20)25-17-24(19-39-29-30-15-4-16-31-29)37-28(38-25)22-11-13-23(14-12-22)32-26(34)5-2-1-3-6-27(35)36/h4,7-16,24-25,28,33H,1-3,5-6,17-19H2,(H,32,34)(H,35,36). The van der Waals surface area contributed by atoms with Gasteiger partial charge in [0.2, 0.25) is 5.91 Å². The Bertz CT molecular complexity index is 1190. The Morgan fingerprint density at radius 1 is 0.923 bits per heavy atom. The van der Waals surface area contributed by atoms with Crippen LogP contribution in [0.2, 0.25) is 0 Å². The Morgan fingerprint density at radius 2 is 1.62 bits per heavy atom. The number of aliphatic carboxylic acids is 1. The molecule has 10 heteroatoms. The minimum atomic E-state index is -0.813. The van der Waals surface area contributed by atoms with Crippen molar-refractivity contribution in [2.24, 2.45) is 0 Å². The number of nitrogens with zero attached hydrogens (tertiary/aromatic N) is 2. The number of aliphatic hydroxyl groups is 1. The van der Waals surface area contributed by atoms with Crippen molar-refractivity contribution in [1.82, 2.24) is 9.97 Å². The highest BCUT2D eigenvalue weighted by Gasteiger charge is 2.32. The Morgan fingerprint density at radius 3 is 2.31 bits per heavy atom. The van der Waals surface area contributed by atoms with Crippen molar-refractivity contribution in [2.75, 3.05) is 11.1 Å². The van der Waals surface area contributed by atoms with Crippen molar-refractivity contribution >= 4 is 29.3 Å². The van der Waals surface area contributed by atoms with E-state index in [-0.39, 0.29) is 31.1 Å². The fraction of sp³-hybridized carbons (Fsp3) is 0.379. The second-order valence-electron chi connectivity index (χ2n) is 9.32. The molecule has 0 aliphatic carbocycles. The summed E-state index contributed by atoms with van der Waals surface area (Å²) in [7, 11) is 0. The van der Waals surface area contributed by atoms with Crippen LogP contribution in [0.1, 0.15) is 67.6 Å². The number of amides is 1. The number of thioether (sulfide) groups is 1. The Balaban J connectivity index is 1.38. The molecule has 1 fully saturated rings. The van der Waals surface area contributed by atoms with Crippen LogP contribution < -0.4 is 5.32 Å². The molecule has 2 aromatic carbocycles. The number of hydrogen-bond donors (Lipinski definition) is 3. The number of rotatable bonds is 13. The molecule has 1 aromatic heterocycles. The van der Waals surface area contributed by atoms with Gasteiger partial charge in [0.25, 0.3) is 0 Å². The van der Waals surface area contributed by atoms with Gasteiger partial charge in [-0.3, -0.25) is 9.59 Å². The monoisotopic (exact) mass is 551 g/mol. The number of nitrogens with one attached hydrogen (secondary N) is 1. The first kappa shape index (κ1) is 28.7. The van der Waals surface area contributed by atoms with Gasteiger partial charge in [0, 0.05) is 48.7 Å². The molecule has 0 radical (unpaired) electrons. The van der Waals surface area contributed by atoms with Gasteiger partial charge in [-0.15, -0.1) is 0 Å². The van der Waals surface area contributed by atoms with E-state index in [0.29, 0.717) is 48.7 Å². The van der Waals surface area contributed by atoms with Crippen LogP contribution in [0, 0.1) is 0 Å². The number of benzene rings is 2. The van der Waals surface area contributed by atoms with Crippen LogP contribution in [-0.4, -0.2) is 43.9 Å². The average Bonchev–Trinajstić information content (AvgIpc) is 2.96. The third-order valence-electron chi connectivity index (χ3n) is 6.32. The number of ether oxygens (including phenoxy) is 2. The van der Waals surface area contributed by atoms with Crippen molar-refractivity contribution in [1.29, 1.82) is 0 Å². The molecule has 4 rings (SSSR count). The molecule has 9 nitrogen and oxygen atoms in total. The summed E-state index contributed by atoms with van der Waals surface area (Å²) in [6.07, 6.45) is 5.59. The molecule has 0 saturated carbocycles. The summed E-state index contributed by atoms with van der Waals surface area (Å²) in [6, 6.07) is 16.9. The largest absolute Gasteiger partial charge is 0.481 e. The number of unbranched alkanes of at least 4 members (excludes halogenated alkanes) is 2. The van der Waals surface area contributed by atoms with Gasteiger partial charge in [-0.05, 0) is 42.2 Å². The lowest BCUT2D eigenvalue weighted by atomic mass is 10.0. The Kier molecular flexibility index (Phi) is 10.8. The molecular weight excluding hydrogens is 518 g/mol. The maximum atomic E-state index is 12.3. The molecule has 3 atom stereocenters. The summed E-state index contributed by atoms with van der Waals surface area (Å²) < 4.78 is 12.7. The molecule has 3 N–H and O–H groups in total. The number of carbonyl (C=O) groups excluding carboxylic acids is 1. The molecule has 0 spiro atoms. The number of hydrogen-bond acceptors (Lipinski definition) is 8. The fourth-order valence-corrected chi connectivity index (χ4v) is 5.06. The zero-order chi connectivity index (χ0) is 27.5. The second kappa shape index (κ2) is 14.7. The smallest absolute Gasteiger partial charge is 0.303 e. The Hall–Kier alpha value is -3.31. The van der Waals surface area contributed by atoms with Crippen molar-refractivity contribution in [2.45, 2.75) is 68.8 Å². The minimum Gasteiger partial charge on any atom is -0.481 e. The first-order valence-electron chi connectivity index (χ1n) is 13.0. The lowest BCUT2D eigenvalue weighted by Crippen LogP contribution is -2.31. The molecule has 1 saturated heterocycles. The van der Waals surface area contributed by atoms with Gasteiger partial charge >= 0.3 is 5.97 Å². The molecule has 3 aromatic rings. The van der Waals surface area contributed by atoms with E-state index in [4.69, 9.17) is 14.6 Å². The highest BCUT2D eigenvalue weighted by atomic mass is 32.2. The van der Waals surface area contributed by atoms with Gasteiger partial charge in [0.05, 0.1) is 18.8 Å². The summed E-state index contributed by atoms with van der Waals surface area (Å²) >= 11 is 1.54. The molecule has 1 amide bonds. The lowest BCUT2D eigenvalue weighted by molar-refractivity contribution is -0.245. The van der Waals surface area contributed by atoms with E-state index in [9.17, 15) is 14.7 Å². The number of carboxylic acids is 1. The number of carbonyl (C=O) groups is 2. The number of carboxylic acid groups (broad SMARTS) is 1. The van der Waals surface area contributed by atoms with Crippen LogP contribution in [-0.2, 0) is 25.7 Å².